The largest absolute Gasteiger partial charge is 0.389 e. The smallest absolute Gasteiger partial charge is 0.141 e. The number of halogens is 1. The number of aromatic nitrogens is 1. The zero-order valence-electron chi connectivity index (χ0n) is 14.0. The molecule has 5 nitrogen and oxygen atoms in total. The quantitative estimate of drug-likeness (QED) is 0.762. The Morgan fingerprint density at radius 3 is 2.74 bits per heavy atom. The van der Waals surface area contributed by atoms with Crippen molar-refractivity contribution in [2.75, 3.05) is 33.4 Å². The molecule has 0 amide bonds. The lowest BCUT2D eigenvalue weighted by Gasteiger charge is -2.35. The summed E-state index contributed by atoms with van der Waals surface area (Å²) in [5, 5.41) is 13.4. The number of hydrogen-bond donors (Lipinski definition) is 2. The van der Waals surface area contributed by atoms with Gasteiger partial charge in [-0.15, -0.1) is 0 Å². The Morgan fingerprint density at radius 1 is 1.43 bits per heavy atom. The molecule has 1 aromatic rings. The third kappa shape index (κ3) is 5.80. The van der Waals surface area contributed by atoms with Crippen LogP contribution in [-0.2, 0) is 4.74 Å². The SMILES string of the molecule is CCC(NC1CCN(CC(O)COC)CC1)c1ccc(F)cn1. The molecule has 1 aliphatic rings. The van der Waals surface area contributed by atoms with Gasteiger partial charge in [-0.25, -0.2) is 4.39 Å². The maximum absolute atomic E-state index is 13.0. The number of rotatable bonds is 8. The summed E-state index contributed by atoms with van der Waals surface area (Å²) in [6.45, 7) is 5.08. The zero-order chi connectivity index (χ0) is 16.7. The molecule has 2 atom stereocenters. The van der Waals surface area contributed by atoms with Crippen molar-refractivity contribution in [3.63, 3.8) is 0 Å². The van der Waals surface area contributed by atoms with Crippen LogP contribution in [0.25, 0.3) is 0 Å². The molecule has 2 rings (SSSR count). The van der Waals surface area contributed by atoms with Crippen LogP contribution < -0.4 is 5.32 Å². The number of methoxy groups -OCH3 is 1. The minimum absolute atomic E-state index is 0.159. The van der Waals surface area contributed by atoms with Gasteiger partial charge in [0.15, 0.2) is 0 Å². The van der Waals surface area contributed by atoms with Crippen LogP contribution >= 0.6 is 0 Å². The number of aliphatic hydroxyl groups is 1. The first-order chi connectivity index (χ1) is 11.1. The van der Waals surface area contributed by atoms with Crippen LogP contribution in [0.2, 0.25) is 0 Å². The van der Waals surface area contributed by atoms with E-state index in [0.29, 0.717) is 19.2 Å². The van der Waals surface area contributed by atoms with Crippen LogP contribution in [0.15, 0.2) is 18.3 Å². The molecule has 23 heavy (non-hydrogen) atoms. The Morgan fingerprint density at radius 2 is 2.17 bits per heavy atom. The maximum atomic E-state index is 13.0. The molecular formula is C17H28FN3O2. The minimum Gasteiger partial charge on any atom is -0.389 e. The predicted molar refractivity (Wildman–Crippen MR) is 87.7 cm³/mol. The van der Waals surface area contributed by atoms with Gasteiger partial charge >= 0.3 is 0 Å². The van der Waals surface area contributed by atoms with E-state index in [1.807, 2.05) is 0 Å². The summed E-state index contributed by atoms with van der Waals surface area (Å²) in [5.74, 6) is -0.300. The highest BCUT2D eigenvalue weighted by Gasteiger charge is 2.23. The fourth-order valence-electron chi connectivity index (χ4n) is 3.12. The van der Waals surface area contributed by atoms with Crippen molar-refractivity contribution in [3.8, 4) is 0 Å². The molecule has 0 radical (unpaired) electrons. The molecule has 2 unspecified atom stereocenters. The van der Waals surface area contributed by atoms with Gasteiger partial charge in [-0.2, -0.15) is 0 Å². The average molecular weight is 325 g/mol. The van der Waals surface area contributed by atoms with Crippen LogP contribution in [0.5, 0.6) is 0 Å². The van der Waals surface area contributed by atoms with E-state index >= 15 is 0 Å². The average Bonchev–Trinajstić information content (AvgIpc) is 2.55. The molecule has 0 aliphatic carbocycles. The summed E-state index contributed by atoms with van der Waals surface area (Å²) in [7, 11) is 1.60. The molecule has 2 heterocycles. The van der Waals surface area contributed by atoms with Crippen LogP contribution in [0.1, 0.15) is 37.9 Å². The van der Waals surface area contributed by atoms with E-state index < -0.39 is 6.10 Å². The Labute approximate surface area is 137 Å². The van der Waals surface area contributed by atoms with Gasteiger partial charge in [0.25, 0.3) is 0 Å². The van der Waals surface area contributed by atoms with Crippen molar-refractivity contribution in [2.24, 2.45) is 0 Å². The van der Waals surface area contributed by atoms with Gasteiger partial charge in [-0.1, -0.05) is 6.92 Å². The molecule has 1 aromatic heterocycles. The number of hydrogen-bond acceptors (Lipinski definition) is 5. The van der Waals surface area contributed by atoms with Gasteiger partial charge in [-0.05, 0) is 44.5 Å². The van der Waals surface area contributed by atoms with Gasteiger partial charge in [0, 0.05) is 25.7 Å². The number of β-amino-alcohol motifs (C(OH)–C–C–N with tert-alkyl or cyclic N) is 1. The normalized spacial score (nSPS) is 19.7. The minimum atomic E-state index is -0.420. The lowest BCUT2D eigenvalue weighted by Crippen LogP contribution is -2.46. The van der Waals surface area contributed by atoms with Crippen molar-refractivity contribution < 1.29 is 14.2 Å². The van der Waals surface area contributed by atoms with E-state index in [1.165, 1.54) is 12.3 Å². The van der Waals surface area contributed by atoms with Crippen molar-refractivity contribution >= 4 is 0 Å². The summed E-state index contributed by atoms with van der Waals surface area (Å²) >= 11 is 0. The van der Waals surface area contributed by atoms with Crippen LogP contribution in [0, 0.1) is 5.82 Å². The number of aliphatic hydroxyl groups excluding tert-OH is 1. The van der Waals surface area contributed by atoms with Crippen molar-refractivity contribution in [1.29, 1.82) is 0 Å². The van der Waals surface area contributed by atoms with E-state index in [2.05, 4.69) is 22.1 Å². The van der Waals surface area contributed by atoms with Gasteiger partial charge < -0.3 is 20.1 Å². The lowest BCUT2D eigenvalue weighted by molar-refractivity contribution is 0.0307. The topological polar surface area (TPSA) is 57.6 Å². The van der Waals surface area contributed by atoms with Gasteiger partial charge in [-0.3, -0.25) is 4.98 Å². The van der Waals surface area contributed by atoms with E-state index in [9.17, 15) is 9.50 Å². The summed E-state index contributed by atoms with van der Waals surface area (Å²) in [4.78, 5) is 6.47. The highest BCUT2D eigenvalue weighted by atomic mass is 19.1. The van der Waals surface area contributed by atoms with Crippen molar-refractivity contribution in [3.05, 3.63) is 29.8 Å². The van der Waals surface area contributed by atoms with Crippen LogP contribution in [0.3, 0.4) is 0 Å². The van der Waals surface area contributed by atoms with E-state index in [0.717, 1.165) is 38.0 Å². The molecule has 0 aromatic carbocycles. The fourth-order valence-corrected chi connectivity index (χ4v) is 3.12. The predicted octanol–water partition coefficient (Wildman–Crippen LogP) is 1.73. The fraction of sp³-hybridized carbons (Fsp3) is 0.706. The first-order valence-electron chi connectivity index (χ1n) is 8.39. The lowest BCUT2D eigenvalue weighted by atomic mass is 10.0. The Bertz CT molecular complexity index is 450. The number of ether oxygens (including phenoxy) is 1. The standard InChI is InChI=1S/C17H28FN3O2/c1-3-16(17-5-4-13(18)10-19-17)20-14-6-8-21(9-7-14)11-15(22)12-23-2/h4-5,10,14-16,20,22H,3,6-9,11-12H2,1-2H3. The third-order valence-corrected chi connectivity index (χ3v) is 4.37. The molecular weight excluding hydrogens is 297 g/mol. The molecule has 1 aliphatic heterocycles. The molecule has 1 fully saturated rings. The van der Waals surface area contributed by atoms with Gasteiger partial charge in [0.2, 0.25) is 0 Å². The highest BCUT2D eigenvalue weighted by molar-refractivity contribution is 5.10. The Kier molecular flexibility index (Phi) is 7.36. The van der Waals surface area contributed by atoms with Gasteiger partial charge in [0.05, 0.1) is 24.6 Å². The zero-order valence-corrected chi connectivity index (χ0v) is 14.0. The van der Waals surface area contributed by atoms with Crippen LogP contribution in [0.4, 0.5) is 4.39 Å². The summed E-state index contributed by atoms with van der Waals surface area (Å²) in [5.41, 5.74) is 0.895. The van der Waals surface area contributed by atoms with Crippen molar-refractivity contribution in [1.82, 2.24) is 15.2 Å². The molecule has 0 spiro atoms. The molecule has 0 saturated carbocycles. The maximum Gasteiger partial charge on any atom is 0.141 e. The van der Waals surface area contributed by atoms with Gasteiger partial charge in [0.1, 0.15) is 5.82 Å². The number of nitrogens with one attached hydrogen (secondary N) is 1. The summed E-state index contributed by atoms with van der Waals surface area (Å²) in [6, 6.07) is 3.81. The third-order valence-electron chi connectivity index (χ3n) is 4.37. The molecule has 130 valence electrons. The summed E-state index contributed by atoms with van der Waals surface area (Å²) < 4.78 is 18.0. The number of piperidine rings is 1. The Hall–Kier alpha value is -1.08. The monoisotopic (exact) mass is 325 g/mol. The van der Waals surface area contributed by atoms with E-state index in [-0.39, 0.29) is 11.9 Å². The first kappa shape index (κ1) is 18.3. The molecule has 1 saturated heterocycles. The second-order valence-corrected chi connectivity index (χ2v) is 6.21. The molecule has 0 bridgehead atoms. The van der Waals surface area contributed by atoms with Crippen molar-refractivity contribution in [2.45, 2.75) is 44.4 Å². The molecule has 6 heteroatoms. The second-order valence-electron chi connectivity index (χ2n) is 6.21. The van der Waals surface area contributed by atoms with E-state index in [4.69, 9.17) is 4.74 Å². The van der Waals surface area contributed by atoms with Crippen LogP contribution in [-0.4, -0.2) is 60.5 Å². The highest BCUT2D eigenvalue weighted by Crippen LogP contribution is 2.19. The number of pyridine rings is 1. The first-order valence-corrected chi connectivity index (χ1v) is 8.39. The number of nitrogens with zero attached hydrogens (tertiary/aromatic N) is 2. The second kappa shape index (κ2) is 9.27. The Balaban J connectivity index is 1.79. The van der Waals surface area contributed by atoms with E-state index in [1.54, 1.807) is 13.2 Å². The number of likely N-dealkylation sites (tertiary alicyclic amines) is 1. The summed E-state index contributed by atoms with van der Waals surface area (Å²) in [6.07, 6.45) is 3.86. The molecule has 2 N–H and O–H groups in total.